The normalized spacial score (nSPS) is 28.6. The molecule has 1 aliphatic rings. The molecule has 0 amide bonds. The lowest BCUT2D eigenvalue weighted by molar-refractivity contribution is 0.144. The molecular weight excluding hydrogens is 761 g/mol. The fraction of sp³-hybridized carbons (Fsp3) is 0. The largest absolute Gasteiger partial charge is 0.518 e. The first-order chi connectivity index (χ1) is 25.2. The zero-order valence-corrected chi connectivity index (χ0v) is 34.0. The molecule has 0 spiro atoms. The van der Waals surface area contributed by atoms with Crippen molar-refractivity contribution in [3.63, 3.8) is 0 Å². The summed E-state index contributed by atoms with van der Waals surface area (Å²) in [6, 6.07) is 51.9. The van der Waals surface area contributed by atoms with Crippen LogP contribution in [0.25, 0.3) is 0 Å². The molecule has 7 rings (SSSR count). The fourth-order valence-electron chi connectivity index (χ4n) is 5.70. The maximum absolute atomic E-state index is 12.8. The second-order valence-corrected chi connectivity index (χ2v) is 27.0. The Bertz CT molecular complexity index is 1780. The first kappa shape index (κ1) is 36.6. The van der Waals surface area contributed by atoms with E-state index < -0.39 is 53.8 Å². The van der Waals surface area contributed by atoms with Crippen molar-refractivity contribution in [3.8, 4) is 0 Å². The predicted molar refractivity (Wildman–Crippen MR) is 209 cm³/mol. The van der Waals surface area contributed by atoms with E-state index in [4.69, 9.17) is 24.7 Å². The molecular formula is C36H36O10Si6. The van der Waals surface area contributed by atoms with Crippen molar-refractivity contribution in [1.82, 2.24) is 0 Å². The molecule has 6 aromatic rings. The van der Waals surface area contributed by atoms with Gasteiger partial charge in [-0.25, -0.2) is 0 Å². The topological polar surface area (TPSA) is 136 Å². The molecule has 16 heteroatoms. The summed E-state index contributed by atoms with van der Waals surface area (Å²) in [6.45, 7) is 0. The van der Waals surface area contributed by atoms with E-state index >= 15 is 0 Å². The molecule has 52 heavy (non-hydrogen) atoms. The highest BCUT2D eigenvalue weighted by molar-refractivity contribution is 6.97. The Morgan fingerprint density at radius 2 is 0.481 bits per heavy atom. The van der Waals surface area contributed by atoms with Crippen molar-refractivity contribution >= 4 is 84.9 Å². The lowest BCUT2D eigenvalue weighted by Gasteiger charge is -2.41. The summed E-state index contributed by atoms with van der Waals surface area (Å²) in [5.41, 5.74) is 0. The lowest BCUT2D eigenvalue weighted by Crippen LogP contribution is -2.75. The summed E-state index contributed by atoms with van der Waals surface area (Å²) in [4.78, 5) is 51.2. The Hall–Kier alpha value is -3.78. The fourth-order valence-corrected chi connectivity index (χ4v) is 26.9. The molecule has 10 nitrogen and oxygen atoms in total. The van der Waals surface area contributed by atoms with E-state index in [1.54, 1.807) is 170 Å². The Labute approximate surface area is 309 Å². The molecule has 1 saturated heterocycles. The number of hydrogen-bond acceptors (Lipinski definition) is 10. The quantitative estimate of drug-likeness (QED) is 0.167. The van der Waals surface area contributed by atoms with Crippen LogP contribution >= 0.6 is 0 Å². The highest BCUT2D eigenvalue weighted by atomic mass is 28.5. The maximum Gasteiger partial charge on any atom is 0.518 e. The Kier molecular flexibility index (Phi) is 11.0. The summed E-state index contributed by atoms with van der Waals surface area (Å²) >= 11 is 0. The van der Waals surface area contributed by atoms with Crippen LogP contribution in [0.1, 0.15) is 0 Å². The molecule has 4 N–H and O–H groups in total. The Morgan fingerprint density at radius 1 is 0.288 bits per heavy atom. The van der Waals surface area contributed by atoms with Gasteiger partial charge in [-0.2, -0.15) is 0 Å². The van der Waals surface area contributed by atoms with E-state index in [-0.39, 0.29) is 20.7 Å². The average molecular weight is 797 g/mol. The molecule has 1 aliphatic heterocycles. The summed E-state index contributed by atoms with van der Waals surface area (Å²) in [7, 11) is -26.0. The van der Waals surface area contributed by atoms with Gasteiger partial charge in [0.15, 0.2) is 0 Å². The summed E-state index contributed by atoms with van der Waals surface area (Å²) in [5, 5.41) is 2.15. The van der Waals surface area contributed by atoms with Crippen molar-refractivity contribution in [2.24, 2.45) is 0 Å². The standard InChI is InChI=1S/C36H36O10Si6/c37-49(33-23-11-3-12-24-33)41-47(31-19-7-1-8-20-31)42-50(38,34-25-13-4-14-26-34)46-52(40,36-29-17-6-18-30-36)44-48(32-21-9-2-10-22-32)43-51(39,45-49)35-27-15-5-16-28-35/h1-30,37-40,47-48H. The monoisotopic (exact) mass is 796 g/mol. The molecule has 4 atom stereocenters. The summed E-state index contributed by atoms with van der Waals surface area (Å²) in [6.07, 6.45) is 0. The minimum Gasteiger partial charge on any atom is -0.389 e. The van der Waals surface area contributed by atoms with Gasteiger partial charge in [-0.05, 0) is 10.4 Å². The molecule has 0 saturated carbocycles. The maximum atomic E-state index is 12.8. The van der Waals surface area contributed by atoms with E-state index in [0.29, 0.717) is 10.4 Å². The van der Waals surface area contributed by atoms with Crippen LogP contribution in [-0.4, -0.2) is 73.0 Å². The van der Waals surface area contributed by atoms with Gasteiger partial charge in [0.2, 0.25) is 0 Å². The van der Waals surface area contributed by atoms with Gasteiger partial charge in [-0.15, -0.1) is 0 Å². The molecule has 264 valence electrons. The van der Waals surface area contributed by atoms with Crippen LogP contribution in [0.3, 0.4) is 0 Å². The third kappa shape index (κ3) is 8.07. The predicted octanol–water partition coefficient (Wildman–Crippen LogP) is -0.291. The zero-order valence-electron chi connectivity index (χ0n) is 27.7. The van der Waals surface area contributed by atoms with Crippen molar-refractivity contribution in [1.29, 1.82) is 0 Å². The van der Waals surface area contributed by atoms with Gasteiger partial charge in [0.25, 0.3) is 0 Å². The highest BCUT2D eigenvalue weighted by Crippen LogP contribution is 2.23. The van der Waals surface area contributed by atoms with Gasteiger partial charge in [-0.3, -0.25) is 0 Å². The molecule has 1 fully saturated rings. The third-order valence-electron chi connectivity index (χ3n) is 8.32. The van der Waals surface area contributed by atoms with Crippen LogP contribution in [0.4, 0.5) is 0 Å². The highest BCUT2D eigenvalue weighted by Gasteiger charge is 2.61. The minimum absolute atomic E-state index is 0.273. The van der Waals surface area contributed by atoms with E-state index in [2.05, 4.69) is 0 Å². The first-order valence-corrected chi connectivity index (χ1v) is 26.6. The third-order valence-corrected chi connectivity index (χ3v) is 27.4. The van der Waals surface area contributed by atoms with Crippen molar-refractivity contribution in [2.75, 3.05) is 0 Å². The van der Waals surface area contributed by atoms with Gasteiger partial charge in [0.1, 0.15) is 0 Å². The molecule has 4 unspecified atom stereocenters. The lowest BCUT2D eigenvalue weighted by atomic mass is 10.4. The van der Waals surface area contributed by atoms with Crippen LogP contribution in [0, 0.1) is 0 Å². The second-order valence-electron chi connectivity index (χ2n) is 12.0. The molecule has 0 radical (unpaired) electrons. The molecule has 0 aromatic heterocycles. The van der Waals surface area contributed by atoms with E-state index in [0.717, 1.165) is 0 Å². The van der Waals surface area contributed by atoms with Crippen molar-refractivity contribution in [2.45, 2.75) is 0 Å². The van der Waals surface area contributed by atoms with Gasteiger partial charge < -0.3 is 43.9 Å². The van der Waals surface area contributed by atoms with Gasteiger partial charge in [0, 0.05) is 20.7 Å². The second kappa shape index (κ2) is 15.7. The summed E-state index contributed by atoms with van der Waals surface area (Å²) in [5.74, 6) is 0. The number of rotatable bonds is 6. The van der Waals surface area contributed by atoms with Crippen molar-refractivity contribution in [3.05, 3.63) is 182 Å². The van der Waals surface area contributed by atoms with Gasteiger partial charge in [0.05, 0.1) is 0 Å². The number of benzene rings is 6. The van der Waals surface area contributed by atoms with Crippen molar-refractivity contribution < 1.29 is 43.9 Å². The van der Waals surface area contributed by atoms with Gasteiger partial charge >= 0.3 is 53.8 Å². The van der Waals surface area contributed by atoms with Crippen LogP contribution in [-0.2, 0) is 24.7 Å². The van der Waals surface area contributed by atoms with E-state index in [9.17, 15) is 19.2 Å². The minimum atomic E-state index is -4.75. The molecule has 6 aromatic carbocycles. The van der Waals surface area contributed by atoms with E-state index in [1.165, 1.54) is 0 Å². The molecule has 1 heterocycles. The average Bonchev–Trinajstić information content (AvgIpc) is 3.19. The van der Waals surface area contributed by atoms with Gasteiger partial charge in [-0.1, -0.05) is 182 Å². The van der Waals surface area contributed by atoms with Crippen LogP contribution < -0.4 is 31.1 Å². The SMILES string of the molecule is O[Si]1(c2ccccc2)O[SiH](c2ccccc2)O[Si](O)(c2ccccc2)O[Si](O)(c2ccccc2)O[SiH](c2ccccc2)O[Si](O)(c2ccccc2)O1. The van der Waals surface area contributed by atoms with Crippen LogP contribution in [0.5, 0.6) is 0 Å². The van der Waals surface area contributed by atoms with Crippen LogP contribution in [0.15, 0.2) is 182 Å². The van der Waals surface area contributed by atoms with Crippen LogP contribution in [0.2, 0.25) is 0 Å². The molecule has 0 bridgehead atoms. The van der Waals surface area contributed by atoms with E-state index in [1.807, 2.05) is 12.1 Å². The summed E-state index contributed by atoms with van der Waals surface area (Å²) < 4.78 is 40.1. The smallest absolute Gasteiger partial charge is 0.389 e. The molecule has 0 aliphatic carbocycles. The zero-order chi connectivity index (χ0) is 36.1. The Balaban J connectivity index is 1.49. The number of hydrogen-bond donors (Lipinski definition) is 4. The Morgan fingerprint density at radius 3 is 0.692 bits per heavy atom. The first-order valence-electron chi connectivity index (χ1n) is 16.5.